The second-order valence-electron chi connectivity index (χ2n) is 10.7. The lowest BCUT2D eigenvalue weighted by Crippen LogP contribution is -2.25. The van der Waals surface area contributed by atoms with Gasteiger partial charge in [-0.1, -0.05) is 13.0 Å². The van der Waals surface area contributed by atoms with Crippen molar-refractivity contribution in [2.45, 2.75) is 13.3 Å². The van der Waals surface area contributed by atoms with Crippen LogP contribution >= 0.6 is 0 Å². The normalized spacial score (nSPS) is 11.7. The van der Waals surface area contributed by atoms with Gasteiger partial charge in [0.25, 0.3) is 5.91 Å². The number of carbonyl (C=O) groups excluding carboxylic acids is 1. The molecule has 46 heavy (non-hydrogen) atoms. The van der Waals surface area contributed by atoms with Gasteiger partial charge in [-0.3, -0.25) is 9.10 Å². The lowest BCUT2D eigenvalue weighted by atomic mass is 9.92. The molecule has 4 aromatic carbocycles. The van der Waals surface area contributed by atoms with Gasteiger partial charge in [-0.25, -0.2) is 22.2 Å². The van der Waals surface area contributed by atoms with Gasteiger partial charge >= 0.3 is 0 Å². The van der Waals surface area contributed by atoms with Crippen LogP contribution < -0.4 is 14.4 Å². The number of para-hydroxylation sites is 1. The molecule has 0 fully saturated rings. The van der Waals surface area contributed by atoms with Crippen LogP contribution in [0.15, 0.2) is 75.6 Å². The van der Waals surface area contributed by atoms with Crippen LogP contribution in [-0.2, 0) is 16.4 Å². The van der Waals surface area contributed by atoms with Gasteiger partial charge in [0.1, 0.15) is 28.4 Å². The van der Waals surface area contributed by atoms with E-state index in [1.807, 2.05) is 6.92 Å². The highest BCUT2D eigenvalue weighted by Gasteiger charge is 2.28. The Morgan fingerprint density at radius 1 is 0.978 bits per heavy atom. The number of ether oxygens (including phenoxy) is 1. The van der Waals surface area contributed by atoms with Gasteiger partial charge in [0.15, 0.2) is 11.4 Å². The number of rotatable bonds is 8. The summed E-state index contributed by atoms with van der Waals surface area (Å²) in [5.74, 6) is -0.654. The molecule has 1 N–H and O–H groups in total. The number of nitrogens with one attached hydrogen (secondary N) is 1. The molecule has 0 saturated carbocycles. The molecule has 12 heteroatoms. The molecular formula is C34H29F2N3O6S. The fourth-order valence-electron chi connectivity index (χ4n) is 5.54. The van der Waals surface area contributed by atoms with Crippen molar-refractivity contribution in [2.24, 2.45) is 0 Å². The van der Waals surface area contributed by atoms with E-state index in [1.165, 1.54) is 57.6 Å². The number of fused-ring (bicyclic) bond motifs is 2. The topological polar surface area (TPSA) is 115 Å². The zero-order chi connectivity index (χ0) is 32.9. The average Bonchev–Trinajstić information content (AvgIpc) is 3.65. The summed E-state index contributed by atoms with van der Waals surface area (Å²) in [6, 6.07) is 16.7. The first-order valence-electron chi connectivity index (χ1n) is 14.2. The summed E-state index contributed by atoms with van der Waals surface area (Å²) < 4.78 is 73.2. The van der Waals surface area contributed by atoms with E-state index in [4.69, 9.17) is 13.6 Å². The van der Waals surface area contributed by atoms with Gasteiger partial charge in [-0.15, -0.1) is 0 Å². The number of methoxy groups -OCH3 is 1. The van der Waals surface area contributed by atoms with Gasteiger partial charge in [-0.05, 0) is 66.6 Å². The highest BCUT2D eigenvalue weighted by Crippen LogP contribution is 2.45. The summed E-state index contributed by atoms with van der Waals surface area (Å²) in [5, 5.41) is 3.04. The van der Waals surface area contributed by atoms with E-state index in [9.17, 15) is 22.0 Å². The first-order valence-corrected chi connectivity index (χ1v) is 16.1. The third kappa shape index (κ3) is 5.24. The molecule has 0 radical (unpaired) electrons. The van der Waals surface area contributed by atoms with Crippen molar-refractivity contribution >= 4 is 43.7 Å². The molecule has 0 bridgehead atoms. The molecule has 0 unspecified atom stereocenters. The van der Waals surface area contributed by atoms with Crippen LogP contribution in [-0.4, -0.2) is 46.8 Å². The number of anilines is 1. The van der Waals surface area contributed by atoms with E-state index < -0.39 is 27.6 Å². The second kappa shape index (κ2) is 11.6. The predicted molar refractivity (Wildman–Crippen MR) is 173 cm³/mol. The van der Waals surface area contributed by atoms with E-state index in [0.29, 0.717) is 39.8 Å². The highest BCUT2D eigenvalue weighted by molar-refractivity contribution is 7.92. The Bertz CT molecular complexity index is 2260. The van der Waals surface area contributed by atoms with Crippen molar-refractivity contribution in [3.63, 3.8) is 0 Å². The number of oxazole rings is 1. The SMILES string of the molecule is CCc1c(OC)cc(-c2nc3c(F)cccc3o2)cc1-c1cc2c(C(=O)NC)c(-c3ccc(F)cc3)oc2cc1N(C)S(C)(=O)=O. The van der Waals surface area contributed by atoms with E-state index in [0.717, 1.165) is 16.1 Å². The molecule has 236 valence electrons. The van der Waals surface area contributed by atoms with Crippen LogP contribution in [0.5, 0.6) is 5.75 Å². The number of halogens is 2. The summed E-state index contributed by atoms with van der Waals surface area (Å²) >= 11 is 0. The summed E-state index contributed by atoms with van der Waals surface area (Å²) in [6.45, 7) is 1.93. The van der Waals surface area contributed by atoms with Crippen LogP contribution in [0.1, 0.15) is 22.8 Å². The highest BCUT2D eigenvalue weighted by atomic mass is 32.2. The predicted octanol–water partition coefficient (Wildman–Crippen LogP) is 7.18. The lowest BCUT2D eigenvalue weighted by molar-refractivity contribution is 0.0964. The Hall–Kier alpha value is -5.23. The monoisotopic (exact) mass is 645 g/mol. The minimum Gasteiger partial charge on any atom is -0.496 e. The molecule has 6 rings (SSSR count). The number of hydrogen-bond donors (Lipinski definition) is 1. The Morgan fingerprint density at radius 3 is 2.35 bits per heavy atom. The van der Waals surface area contributed by atoms with Crippen LogP contribution in [0, 0.1) is 11.6 Å². The van der Waals surface area contributed by atoms with Crippen molar-refractivity contribution < 1.29 is 35.6 Å². The smallest absolute Gasteiger partial charge is 0.255 e. The zero-order valence-corrected chi connectivity index (χ0v) is 26.4. The van der Waals surface area contributed by atoms with Gasteiger partial charge in [0, 0.05) is 47.8 Å². The van der Waals surface area contributed by atoms with Crippen molar-refractivity contribution in [3.8, 4) is 39.7 Å². The quantitative estimate of drug-likeness (QED) is 0.187. The standard InChI is InChI=1S/C34H29F2N3O6S/c1-6-21-22(14-19(15-28(21)43-4)34-38-31-25(36)8-7-9-27(31)45-34)23-16-24-29(17-26(23)39(3)46(5,41)42)44-32(30(24)33(40)37-2)18-10-12-20(35)13-11-18/h7-17H,6H2,1-5H3,(H,37,40). The molecule has 0 saturated heterocycles. The number of nitrogens with zero attached hydrogens (tertiary/aromatic N) is 2. The molecule has 0 atom stereocenters. The number of sulfonamides is 1. The summed E-state index contributed by atoms with van der Waals surface area (Å²) in [6.07, 6.45) is 1.56. The number of amides is 1. The van der Waals surface area contributed by atoms with Crippen molar-refractivity contribution in [1.29, 1.82) is 0 Å². The molecule has 9 nitrogen and oxygen atoms in total. The minimum atomic E-state index is -3.79. The van der Waals surface area contributed by atoms with Crippen LogP contribution in [0.4, 0.5) is 14.5 Å². The number of benzene rings is 4. The fraction of sp³-hybridized carbons (Fsp3) is 0.176. The second-order valence-corrected chi connectivity index (χ2v) is 12.7. The van der Waals surface area contributed by atoms with Crippen molar-refractivity contribution in [3.05, 3.63) is 89.5 Å². The molecule has 1 amide bonds. The number of hydrogen-bond acceptors (Lipinski definition) is 7. The van der Waals surface area contributed by atoms with Gasteiger partial charge in [0.05, 0.1) is 24.6 Å². The molecule has 2 heterocycles. The third-order valence-corrected chi connectivity index (χ3v) is 9.08. The largest absolute Gasteiger partial charge is 0.496 e. The van der Waals surface area contributed by atoms with Gasteiger partial charge < -0.3 is 18.9 Å². The molecule has 6 aromatic rings. The maximum atomic E-state index is 14.5. The van der Waals surface area contributed by atoms with Crippen LogP contribution in [0.25, 0.3) is 56.0 Å². The first-order chi connectivity index (χ1) is 21.9. The Balaban J connectivity index is 1.70. The van der Waals surface area contributed by atoms with Crippen LogP contribution in [0.2, 0.25) is 0 Å². The summed E-state index contributed by atoms with van der Waals surface area (Å²) in [5.41, 5.74) is 3.67. The summed E-state index contributed by atoms with van der Waals surface area (Å²) in [4.78, 5) is 17.7. The van der Waals surface area contributed by atoms with Gasteiger partial charge in [-0.2, -0.15) is 0 Å². The Labute approximate surface area is 263 Å². The van der Waals surface area contributed by atoms with Crippen LogP contribution in [0.3, 0.4) is 0 Å². The average molecular weight is 646 g/mol. The Morgan fingerprint density at radius 2 is 1.72 bits per heavy atom. The molecule has 2 aromatic heterocycles. The first kappa shape index (κ1) is 30.8. The number of furan rings is 1. The van der Waals surface area contributed by atoms with Crippen molar-refractivity contribution in [1.82, 2.24) is 10.3 Å². The van der Waals surface area contributed by atoms with E-state index in [2.05, 4.69) is 10.3 Å². The molecular weight excluding hydrogens is 616 g/mol. The lowest BCUT2D eigenvalue weighted by Gasteiger charge is -2.23. The molecule has 0 aliphatic rings. The molecule has 0 spiro atoms. The number of aromatic nitrogens is 1. The number of carbonyl (C=O) groups is 1. The minimum absolute atomic E-state index is 0.0680. The third-order valence-electron chi connectivity index (χ3n) is 7.89. The van der Waals surface area contributed by atoms with E-state index in [-0.39, 0.29) is 39.6 Å². The summed E-state index contributed by atoms with van der Waals surface area (Å²) in [7, 11) is 0.618. The molecule has 0 aliphatic heterocycles. The van der Waals surface area contributed by atoms with E-state index in [1.54, 1.807) is 30.3 Å². The van der Waals surface area contributed by atoms with Gasteiger partial charge in [0.2, 0.25) is 15.9 Å². The van der Waals surface area contributed by atoms with E-state index >= 15 is 0 Å². The maximum Gasteiger partial charge on any atom is 0.255 e. The van der Waals surface area contributed by atoms with Crippen molar-refractivity contribution in [2.75, 3.05) is 31.8 Å². The maximum absolute atomic E-state index is 14.5. The fourth-order valence-corrected chi connectivity index (χ4v) is 6.04. The Kier molecular flexibility index (Phi) is 7.77. The zero-order valence-electron chi connectivity index (χ0n) is 25.6. The molecule has 0 aliphatic carbocycles.